The van der Waals surface area contributed by atoms with Crippen molar-refractivity contribution in [2.45, 2.75) is 47.9 Å². The van der Waals surface area contributed by atoms with Crippen LogP contribution in [0.4, 0.5) is 0 Å². The zero-order chi connectivity index (χ0) is 15.9. The molecule has 2 saturated heterocycles. The first-order chi connectivity index (χ1) is 10.5. The summed E-state index contributed by atoms with van der Waals surface area (Å²) in [5.41, 5.74) is 0. The van der Waals surface area contributed by atoms with Gasteiger partial charge >= 0.3 is 0 Å². The molecule has 4 nitrogen and oxygen atoms in total. The van der Waals surface area contributed by atoms with Gasteiger partial charge in [0.05, 0.1) is 17.0 Å². The standard InChI is InChI=1S/C15H20ClNO3S2/c1-20-15-6-5-13(9-14(15)16)22(18,19)17-10-3-4-11(17)8-12(7-10)21-2/h5-6,9-12H,3-4,7-8H2,1-2H3. The third-order valence-corrected chi connectivity index (χ3v) is 8.00. The molecule has 2 aliphatic rings. The Hall–Kier alpha value is -0.430. The first-order valence-electron chi connectivity index (χ1n) is 7.37. The van der Waals surface area contributed by atoms with Crippen LogP contribution >= 0.6 is 23.4 Å². The van der Waals surface area contributed by atoms with Crippen molar-refractivity contribution < 1.29 is 13.2 Å². The Morgan fingerprint density at radius 2 is 1.91 bits per heavy atom. The highest BCUT2D eigenvalue weighted by molar-refractivity contribution is 7.99. The predicted molar refractivity (Wildman–Crippen MR) is 90.4 cm³/mol. The van der Waals surface area contributed by atoms with Gasteiger partial charge in [-0.15, -0.1) is 0 Å². The maximum absolute atomic E-state index is 13.0. The summed E-state index contributed by atoms with van der Waals surface area (Å²) >= 11 is 7.95. The summed E-state index contributed by atoms with van der Waals surface area (Å²) in [5, 5.41) is 0.901. The van der Waals surface area contributed by atoms with Gasteiger partial charge < -0.3 is 4.74 Å². The highest BCUT2D eigenvalue weighted by Crippen LogP contribution is 2.43. The lowest BCUT2D eigenvalue weighted by atomic mass is 10.1. The summed E-state index contributed by atoms with van der Waals surface area (Å²) in [6.45, 7) is 0. The summed E-state index contributed by atoms with van der Waals surface area (Å²) in [5.74, 6) is 0.490. The summed E-state index contributed by atoms with van der Waals surface area (Å²) in [6, 6.07) is 4.95. The van der Waals surface area contributed by atoms with Crippen LogP contribution in [-0.2, 0) is 10.0 Å². The van der Waals surface area contributed by atoms with Crippen LogP contribution < -0.4 is 4.74 Å². The van der Waals surface area contributed by atoms with E-state index in [1.54, 1.807) is 16.4 Å². The molecule has 0 aromatic heterocycles. The number of benzene rings is 1. The van der Waals surface area contributed by atoms with Crippen molar-refractivity contribution in [2.24, 2.45) is 0 Å². The van der Waals surface area contributed by atoms with Crippen molar-refractivity contribution in [3.05, 3.63) is 23.2 Å². The fraction of sp³-hybridized carbons (Fsp3) is 0.600. The fourth-order valence-electron chi connectivity index (χ4n) is 3.60. The zero-order valence-electron chi connectivity index (χ0n) is 12.7. The maximum Gasteiger partial charge on any atom is 0.243 e. The quantitative estimate of drug-likeness (QED) is 0.824. The van der Waals surface area contributed by atoms with Gasteiger partial charge in [0, 0.05) is 17.3 Å². The number of sulfonamides is 1. The van der Waals surface area contributed by atoms with Gasteiger partial charge in [0.15, 0.2) is 0 Å². The highest BCUT2D eigenvalue weighted by Gasteiger charge is 2.47. The maximum atomic E-state index is 13.0. The van der Waals surface area contributed by atoms with E-state index < -0.39 is 10.0 Å². The van der Waals surface area contributed by atoms with Crippen LogP contribution in [0.3, 0.4) is 0 Å². The second-order valence-electron chi connectivity index (χ2n) is 5.85. The Labute approximate surface area is 141 Å². The Balaban J connectivity index is 1.92. The van der Waals surface area contributed by atoms with Crippen LogP contribution in [0.2, 0.25) is 5.02 Å². The number of halogens is 1. The summed E-state index contributed by atoms with van der Waals surface area (Å²) in [6.07, 6.45) is 5.93. The molecule has 0 radical (unpaired) electrons. The molecule has 0 spiro atoms. The molecule has 2 unspecified atom stereocenters. The number of ether oxygens (including phenoxy) is 1. The average molecular weight is 362 g/mol. The van der Waals surface area contributed by atoms with Crippen LogP contribution in [0.5, 0.6) is 5.75 Å². The third kappa shape index (κ3) is 2.75. The lowest BCUT2D eigenvalue weighted by Crippen LogP contribution is -2.47. The van der Waals surface area contributed by atoms with Crippen LogP contribution in [-0.4, -0.2) is 43.4 Å². The van der Waals surface area contributed by atoms with Gasteiger partial charge in [-0.2, -0.15) is 16.1 Å². The molecule has 0 amide bonds. The zero-order valence-corrected chi connectivity index (χ0v) is 15.0. The number of piperidine rings is 1. The molecular formula is C15H20ClNO3S2. The molecule has 7 heteroatoms. The van der Waals surface area contributed by atoms with E-state index in [2.05, 4.69) is 6.26 Å². The minimum absolute atomic E-state index is 0.127. The topological polar surface area (TPSA) is 46.6 Å². The molecule has 2 bridgehead atoms. The molecular weight excluding hydrogens is 342 g/mol. The first kappa shape index (κ1) is 16.4. The lowest BCUT2D eigenvalue weighted by molar-refractivity contribution is 0.253. The van der Waals surface area contributed by atoms with Crippen molar-refractivity contribution in [1.29, 1.82) is 0 Å². The first-order valence-corrected chi connectivity index (χ1v) is 10.5. The van der Waals surface area contributed by atoms with E-state index in [0.29, 0.717) is 16.0 Å². The van der Waals surface area contributed by atoms with Crippen molar-refractivity contribution in [3.8, 4) is 5.75 Å². The Morgan fingerprint density at radius 1 is 1.27 bits per heavy atom. The van der Waals surface area contributed by atoms with Gasteiger partial charge in [0.25, 0.3) is 0 Å². The number of fused-ring (bicyclic) bond motifs is 2. The van der Waals surface area contributed by atoms with E-state index in [-0.39, 0.29) is 17.0 Å². The van der Waals surface area contributed by atoms with E-state index >= 15 is 0 Å². The second kappa shape index (κ2) is 6.23. The Kier molecular flexibility index (Phi) is 4.65. The van der Waals surface area contributed by atoms with Gasteiger partial charge in [0.2, 0.25) is 10.0 Å². The molecule has 1 aromatic rings. The summed E-state index contributed by atoms with van der Waals surface area (Å²) in [7, 11) is -1.98. The number of rotatable bonds is 4. The van der Waals surface area contributed by atoms with Crippen LogP contribution in [0.1, 0.15) is 25.7 Å². The van der Waals surface area contributed by atoms with E-state index in [0.717, 1.165) is 25.7 Å². The molecule has 0 aliphatic carbocycles. The van der Waals surface area contributed by atoms with Crippen LogP contribution in [0.25, 0.3) is 0 Å². The van der Waals surface area contributed by atoms with Crippen molar-refractivity contribution in [1.82, 2.24) is 4.31 Å². The SMILES string of the molecule is COc1ccc(S(=O)(=O)N2C3CCC2CC(SC)C3)cc1Cl. The normalized spacial score (nSPS) is 28.8. The molecule has 3 rings (SSSR count). The van der Waals surface area contributed by atoms with E-state index in [4.69, 9.17) is 16.3 Å². The van der Waals surface area contributed by atoms with Gasteiger partial charge in [-0.25, -0.2) is 8.42 Å². The molecule has 2 aliphatic heterocycles. The highest BCUT2D eigenvalue weighted by atomic mass is 35.5. The second-order valence-corrected chi connectivity index (χ2v) is 9.23. The molecule has 2 fully saturated rings. The molecule has 122 valence electrons. The summed E-state index contributed by atoms with van der Waals surface area (Å²) in [4.78, 5) is 0.262. The average Bonchev–Trinajstić information content (AvgIpc) is 2.79. The Morgan fingerprint density at radius 3 is 2.41 bits per heavy atom. The van der Waals surface area contributed by atoms with E-state index in [1.165, 1.54) is 13.2 Å². The molecule has 22 heavy (non-hydrogen) atoms. The predicted octanol–water partition coefficient (Wildman–Crippen LogP) is 3.40. The minimum Gasteiger partial charge on any atom is -0.495 e. The van der Waals surface area contributed by atoms with Gasteiger partial charge in [-0.1, -0.05) is 11.6 Å². The molecule has 2 heterocycles. The molecule has 2 atom stereocenters. The van der Waals surface area contributed by atoms with E-state index in [9.17, 15) is 8.42 Å². The third-order valence-electron chi connectivity index (χ3n) is 4.65. The van der Waals surface area contributed by atoms with Crippen LogP contribution in [0.15, 0.2) is 23.1 Å². The number of hydrogen-bond donors (Lipinski definition) is 0. The minimum atomic E-state index is -3.49. The van der Waals surface area contributed by atoms with Crippen molar-refractivity contribution in [3.63, 3.8) is 0 Å². The monoisotopic (exact) mass is 361 g/mol. The van der Waals surface area contributed by atoms with Gasteiger partial charge in [-0.3, -0.25) is 0 Å². The lowest BCUT2D eigenvalue weighted by Gasteiger charge is -2.37. The van der Waals surface area contributed by atoms with Gasteiger partial charge in [-0.05, 0) is 50.1 Å². The fourth-order valence-corrected chi connectivity index (χ4v) is 6.67. The van der Waals surface area contributed by atoms with E-state index in [1.807, 2.05) is 11.8 Å². The van der Waals surface area contributed by atoms with Gasteiger partial charge in [0.1, 0.15) is 5.75 Å². The molecule has 0 saturated carbocycles. The number of thioether (sulfide) groups is 1. The largest absolute Gasteiger partial charge is 0.495 e. The Bertz CT molecular complexity index is 651. The number of hydrogen-bond acceptors (Lipinski definition) is 4. The molecule has 0 N–H and O–H groups in total. The van der Waals surface area contributed by atoms with Crippen molar-refractivity contribution >= 4 is 33.4 Å². The molecule has 1 aromatic carbocycles. The van der Waals surface area contributed by atoms with Crippen LogP contribution in [0, 0.1) is 0 Å². The van der Waals surface area contributed by atoms with Crippen molar-refractivity contribution in [2.75, 3.05) is 13.4 Å². The number of nitrogens with zero attached hydrogens (tertiary/aromatic N) is 1. The summed E-state index contributed by atoms with van der Waals surface area (Å²) < 4.78 is 32.9. The smallest absolute Gasteiger partial charge is 0.243 e. The number of methoxy groups -OCH3 is 1.